The molecule has 0 fully saturated rings. The van der Waals surface area contributed by atoms with Crippen LogP contribution in [0.15, 0.2) is 47.8 Å². The number of carbonyl (C=O) groups excluding carboxylic acids is 1. The number of nitrogens with zero attached hydrogens (tertiary/aromatic N) is 2. The molecule has 136 valence electrons. The lowest BCUT2D eigenvalue weighted by molar-refractivity contribution is 0.102. The molecule has 0 unspecified atom stereocenters. The number of rotatable bonds is 5. The number of nitrogens with one attached hydrogen (secondary N) is 1. The van der Waals surface area contributed by atoms with Crippen LogP contribution in [-0.2, 0) is 6.61 Å². The van der Waals surface area contributed by atoms with E-state index in [0.29, 0.717) is 17.9 Å². The number of benzene rings is 2. The first-order valence-electron chi connectivity index (χ1n) is 8.39. The van der Waals surface area contributed by atoms with E-state index in [1.165, 1.54) is 0 Å². The molecule has 7 heteroatoms. The van der Waals surface area contributed by atoms with Crippen molar-refractivity contribution in [3.63, 3.8) is 0 Å². The van der Waals surface area contributed by atoms with Gasteiger partial charge in [-0.1, -0.05) is 0 Å². The van der Waals surface area contributed by atoms with Crippen LogP contribution in [0.25, 0.3) is 10.2 Å². The van der Waals surface area contributed by atoms with Crippen LogP contribution in [0, 0.1) is 13.8 Å². The predicted octanol–water partition coefficient (Wildman–Crippen LogP) is 5.20. The third-order valence-corrected chi connectivity index (χ3v) is 5.79. The standard InChI is InChI=1S/C20H17N3O2S2/c1-12-11-26-19(21-12)10-25-16-6-3-14(4-7-16)20(24)23-15-5-8-18-17(9-15)22-13(2)27-18/h3-9,11H,10H2,1-2H3,(H,23,24). The Hall–Kier alpha value is -2.77. The zero-order valence-electron chi connectivity index (χ0n) is 14.9. The molecule has 0 aliphatic heterocycles. The molecule has 2 aromatic heterocycles. The van der Waals surface area contributed by atoms with Crippen molar-refractivity contribution in [1.82, 2.24) is 9.97 Å². The van der Waals surface area contributed by atoms with Gasteiger partial charge < -0.3 is 10.1 Å². The molecule has 1 N–H and O–H groups in total. The minimum absolute atomic E-state index is 0.164. The molecule has 0 aliphatic carbocycles. The Morgan fingerprint density at radius 1 is 1.11 bits per heavy atom. The minimum atomic E-state index is -0.164. The molecule has 0 atom stereocenters. The molecule has 27 heavy (non-hydrogen) atoms. The van der Waals surface area contributed by atoms with Gasteiger partial charge >= 0.3 is 0 Å². The molecule has 0 saturated heterocycles. The third kappa shape index (κ3) is 4.15. The van der Waals surface area contributed by atoms with E-state index >= 15 is 0 Å². The molecular weight excluding hydrogens is 378 g/mol. The van der Waals surface area contributed by atoms with Crippen LogP contribution in [0.1, 0.15) is 26.1 Å². The van der Waals surface area contributed by atoms with Crippen LogP contribution in [0.2, 0.25) is 0 Å². The van der Waals surface area contributed by atoms with Crippen molar-refractivity contribution in [3.05, 3.63) is 69.1 Å². The number of carbonyl (C=O) groups is 1. The van der Waals surface area contributed by atoms with Gasteiger partial charge in [0.1, 0.15) is 17.4 Å². The van der Waals surface area contributed by atoms with Crippen molar-refractivity contribution in [2.45, 2.75) is 20.5 Å². The second kappa shape index (κ2) is 7.46. The van der Waals surface area contributed by atoms with E-state index in [1.54, 1.807) is 46.9 Å². The Kier molecular flexibility index (Phi) is 4.87. The highest BCUT2D eigenvalue weighted by molar-refractivity contribution is 7.18. The van der Waals surface area contributed by atoms with E-state index < -0.39 is 0 Å². The average Bonchev–Trinajstić information content (AvgIpc) is 3.24. The van der Waals surface area contributed by atoms with E-state index in [0.717, 1.165) is 31.6 Å². The number of aromatic nitrogens is 2. The molecule has 2 aromatic carbocycles. The zero-order valence-corrected chi connectivity index (χ0v) is 16.5. The van der Waals surface area contributed by atoms with Gasteiger partial charge in [-0.15, -0.1) is 22.7 Å². The average molecular weight is 396 g/mol. The second-order valence-corrected chi connectivity index (χ2v) is 8.24. The number of aryl methyl sites for hydroxylation is 2. The van der Waals surface area contributed by atoms with Crippen molar-refractivity contribution in [2.75, 3.05) is 5.32 Å². The largest absolute Gasteiger partial charge is 0.486 e. The number of anilines is 1. The molecule has 0 aliphatic rings. The number of hydrogen-bond acceptors (Lipinski definition) is 6. The van der Waals surface area contributed by atoms with Gasteiger partial charge in [-0.3, -0.25) is 4.79 Å². The lowest BCUT2D eigenvalue weighted by atomic mass is 10.2. The Balaban J connectivity index is 1.40. The molecule has 0 spiro atoms. The lowest BCUT2D eigenvalue weighted by Crippen LogP contribution is -2.11. The normalized spacial score (nSPS) is 10.9. The van der Waals surface area contributed by atoms with Crippen molar-refractivity contribution in [3.8, 4) is 5.75 Å². The van der Waals surface area contributed by atoms with Crippen LogP contribution in [-0.4, -0.2) is 15.9 Å². The van der Waals surface area contributed by atoms with Gasteiger partial charge in [0.15, 0.2) is 0 Å². The van der Waals surface area contributed by atoms with Gasteiger partial charge in [0.2, 0.25) is 0 Å². The number of amides is 1. The molecule has 0 saturated carbocycles. The summed E-state index contributed by atoms with van der Waals surface area (Å²) in [7, 11) is 0. The van der Waals surface area contributed by atoms with E-state index in [-0.39, 0.29) is 5.91 Å². The van der Waals surface area contributed by atoms with Crippen molar-refractivity contribution in [1.29, 1.82) is 0 Å². The SMILES string of the molecule is Cc1csc(COc2ccc(C(=O)Nc3ccc4sc(C)nc4c3)cc2)n1. The van der Waals surface area contributed by atoms with Gasteiger partial charge in [-0.05, 0) is 56.3 Å². The highest BCUT2D eigenvalue weighted by Gasteiger charge is 2.09. The summed E-state index contributed by atoms with van der Waals surface area (Å²) in [6.07, 6.45) is 0. The summed E-state index contributed by atoms with van der Waals surface area (Å²) >= 11 is 3.22. The summed E-state index contributed by atoms with van der Waals surface area (Å²) < 4.78 is 6.83. The zero-order chi connectivity index (χ0) is 18.8. The molecule has 0 radical (unpaired) electrons. The Morgan fingerprint density at radius 2 is 1.93 bits per heavy atom. The third-order valence-electron chi connectivity index (χ3n) is 3.90. The minimum Gasteiger partial charge on any atom is -0.486 e. The van der Waals surface area contributed by atoms with E-state index in [9.17, 15) is 4.79 Å². The summed E-state index contributed by atoms with van der Waals surface area (Å²) in [6, 6.07) is 12.9. The number of ether oxygens (including phenoxy) is 1. The van der Waals surface area contributed by atoms with Crippen molar-refractivity contribution >= 4 is 44.5 Å². The van der Waals surface area contributed by atoms with Gasteiger partial charge in [-0.25, -0.2) is 9.97 Å². The number of thiazole rings is 2. The maximum atomic E-state index is 12.5. The fourth-order valence-corrected chi connectivity index (χ4v) is 4.13. The summed E-state index contributed by atoms with van der Waals surface area (Å²) in [6.45, 7) is 4.36. The molecule has 5 nitrogen and oxygen atoms in total. The van der Waals surface area contributed by atoms with Crippen LogP contribution < -0.4 is 10.1 Å². The highest BCUT2D eigenvalue weighted by Crippen LogP contribution is 2.25. The number of hydrogen-bond donors (Lipinski definition) is 1. The summed E-state index contributed by atoms with van der Waals surface area (Å²) in [5, 5.41) is 6.86. The monoisotopic (exact) mass is 395 g/mol. The summed E-state index contributed by atoms with van der Waals surface area (Å²) in [5.41, 5.74) is 3.20. The first kappa shape index (κ1) is 17.6. The molecule has 1 amide bonds. The maximum Gasteiger partial charge on any atom is 0.255 e. The predicted molar refractivity (Wildman–Crippen MR) is 110 cm³/mol. The van der Waals surface area contributed by atoms with Crippen LogP contribution in [0.5, 0.6) is 5.75 Å². The van der Waals surface area contributed by atoms with Gasteiger partial charge in [0, 0.05) is 22.3 Å². The van der Waals surface area contributed by atoms with Gasteiger partial charge in [0.25, 0.3) is 5.91 Å². The Labute approximate surface area is 164 Å². The first-order valence-corrected chi connectivity index (χ1v) is 10.1. The van der Waals surface area contributed by atoms with Crippen LogP contribution in [0.3, 0.4) is 0 Å². The second-order valence-electron chi connectivity index (χ2n) is 6.07. The van der Waals surface area contributed by atoms with E-state index in [1.807, 2.05) is 37.4 Å². The Bertz CT molecular complexity index is 1100. The quantitative estimate of drug-likeness (QED) is 0.504. The van der Waals surface area contributed by atoms with E-state index in [4.69, 9.17) is 4.74 Å². The van der Waals surface area contributed by atoms with Crippen molar-refractivity contribution in [2.24, 2.45) is 0 Å². The lowest BCUT2D eigenvalue weighted by Gasteiger charge is -2.07. The molecule has 0 bridgehead atoms. The maximum absolute atomic E-state index is 12.5. The fourth-order valence-electron chi connectivity index (χ4n) is 2.64. The summed E-state index contributed by atoms with van der Waals surface area (Å²) in [5.74, 6) is 0.544. The van der Waals surface area contributed by atoms with Gasteiger partial charge in [-0.2, -0.15) is 0 Å². The van der Waals surface area contributed by atoms with Crippen molar-refractivity contribution < 1.29 is 9.53 Å². The first-order chi connectivity index (χ1) is 13.1. The highest BCUT2D eigenvalue weighted by atomic mass is 32.1. The molecular formula is C20H17N3O2S2. The fraction of sp³-hybridized carbons (Fsp3) is 0.150. The summed E-state index contributed by atoms with van der Waals surface area (Å²) in [4.78, 5) is 21.3. The van der Waals surface area contributed by atoms with Crippen LogP contribution in [0.4, 0.5) is 5.69 Å². The molecule has 2 heterocycles. The molecule has 4 aromatic rings. The smallest absolute Gasteiger partial charge is 0.255 e. The topological polar surface area (TPSA) is 64.1 Å². The number of fused-ring (bicyclic) bond motifs is 1. The van der Waals surface area contributed by atoms with Gasteiger partial charge in [0.05, 0.1) is 15.2 Å². The van der Waals surface area contributed by atoms with E-state index in [2.05, 4.69) is 15.3 Å². The molecule has 4 rings (SSSR count). The van der Waals surface area contributed by atoms with Crippen LogP contribution >= 0.6 is 22.7 Å². The Morgan fingerprint density at radius 3 is 2.67 bits per heavy atom.